The molecule has 0 aliphatic heterocycles. The topological polar surface area (TPSA) is 34.9 Å². The smallest absolute Gasteiger partial charge is 0.153 e. The van der Waals surface area contributed by atoms with Gasteiger partial charge < -0.3 is 0 Å². The van der Waals surface area contributed by atoms with E-state index in [1.54, 1.807) is 22.6 Å². The van der Waals surface area contributed by atoms with Crippen LogP contribution < -0.4 is 0 Å². The summed E-state index contributed by atoms with van der Waals surface area (Å²) in [5, 5.41) is 4.59. The lowest BCUT2D eigenvalue weighted by atomic mass is 10.1. The molecule has 0 N–H and O–H groups in total. The minimum absolute atomic E-state index is 0.595. The highest BCUT2D eigenvalue weighted by atomic mass is 32.2. The summed E-state index contributed by atoms with van der Waals surface area (Å²) in [5.41, 5.74) is 4.39. The van der Waals surface area contributed by atoms with Gasteiger partial charge in [-0.05, 0) is 37.4 Å². The molecule has 3 aromatic rings. The van der Waals surface area contributed by atoms with Crippen molar-refractivity contribution in [3.63, 3.8) is 0 Å². The average Bonchev–Trinajstić information content (AvgIpc) is 3.00. The second kappa shape index (κ2) is 6.20. The lowest BCUT2D eigenvalue weighted by Gasteiger charge is -2.02. The van der Waals surface area contributed by atoms with E-state index in [4.69, 9.17) is 0 Å². The number of carbonyl (C=O) groups excluding carboxylic acids is 1. The summed E-state index contributed by atoms with van der Waals surface area (Å²) in [6, 6.07) is 16.1. The van der Waals surface area contributed by atoms with Gasteiger partial charge in [0.1, 0.15) is 5.69 Å². The van der Waals surface area contributed by atoms with Crippen LogP contribution in [0.2, 0.25) is 0 Å². The van der Waals surface area contributed by atoms with Crippen molar-refractivity contribution in [1.29, 1.82) is 0 Å². The quantitative estimate of drug-likeness (QED) is 0.530. The summed E-state index contributed by atoms with van der Waals surface area (Å²) < 4.78 is 1.75. The maximum absolute atomic E-state index is 11.4. The number of hydrogen-bond donors (Lipinski definition) is 0. The Kier molecular flexibility index (Phi) is 4.11. The fourth-order valence-electron chi connectivity index (χ4n) is 2.28. The molecule has 22 heavy (non-hydrogen) atoms. The maximum atomic E-state index is 11.4. The molecular weight excluding hydrogens is 292 g/mol. The molecule has 1 heterocycles. The van der Waals surface area contributed by atoms with E-state index in [-0.39, 0.29) is 0 Å². The second-order valence-electron chi connectivity index (χ2n) is 5.06. The Morgan fingerprint density at radius 3 is 2.32 bits per heavy atom. The Morgan fingerprint density at radius 2 is 1.73 bits per heavy atom. The maximum Gasteiger partial charge on any atom is 0.153 e. The zero-order valence-corrected chi connectivity index (χ0v) is 13.3. The van der Waals surface area contributed by atoms with Gasteiger partial charge in [0.05, 0.1) is 11.3 Å². The summed E-state index contributed by atoms with van der Waals surface area (Å²) in [4.78, 5) is 12.6. The van der Waals surface area contributed by atoms with Gasteiger partial charge in [-0.3, -0.25) is 4.79 Å². The minimum Gasteiger partial charge on any atom is -0.298 e. The molecule has 2 aromatic carbocycles. The Hall–Kier alpha value is -2.33. The third kappa shape index (κ3) is 2.83. The van der Waals surface area contributed by atoms with Gasteiger partial charge in [-0.25, -0.2) is 4.68 Å². The van der Waals surface area contributed by atoms with Crippen molar-refractivity contribution in [3.05, 3.63) is 65.9 Å². The second-order valence-corrected chi connectivity index (χ2v) is 5.94. The SMILES string of the molecule is CSc1ccc(-c2nn(-c3ccc(C)cc3)cc2C=O)cc1. The van der Waals surface area contributed by atoms with Crippen molar-refractivity contribution in [2.24, 2.45) is 0 Å². The van der Waals surface area contributed by atoms with Crippen LogP contribution >= 0.6 is 11.8 Å². The predicted molar refractivity (Wildman–Crippen MR) is 90.9 cm³/mol. The zero-order valence-electron chi connectivity index (χ0n) is 12.5. The predicted octanol–water partition coefficient (Wildman–Crippen LogP) is 4.38. The first kappa shape index (κ1) is 14.6. The fourth-order valence-corrected chi connectivity index (χ4v) is 2.68. The molecular formula is C18H16N2OS. The summed E-state index contributed by atoms with van der Waals surface area (Å²) in [6.07, 6.45) is 4.67. The van der Waals surface area contributed by atoms with Gasteiger partial charge in [-0.2, -0.15) is 5.10 Å². The molecule has 0 saturated carbocycles. The van der Waals surface area contributed by atoms with E-state index in [1.807, 2.05) is 61.7 Å². The average molecular weight is 308 g/mol. The minimum atomic E-state index is 0.595. The Balaban J connectivity index is 2.04. The number of aldehydes is 1. The Bertz CT molecular complexity index is 789. The number of benzene rings is 2. The van der Waals surface area contributed by atoms with Crippen LogP contribution in [0.4, 0.5) is 0 Å². The molecule has 4 heteroatoms. The molecule has 0 radical (unpaired) electrons. The lowest BCUT2D eigenvalue weighted by molar-refractivity contribution is 0.112. The van der Waals surface area contributed by atoms with Crippen molar-refractivity contribution >= 4 is 18.0 Å². The van der Waals surface area contributed by atoms with Crippen LogP contribution in [0, 0.1) is 6.92 Å². The standard InChI is InChI=1S/C18H16N2OS/c1-13-3-7-16(8-4-13)20-11-15(12-21)18(19-20)14-5-9-17(22-2)10-6-14/h3-12H,1-2H3. The molecule has 0 fully saturated rings. The molecule has 0 atom stereocenters. The first-order chi connectivity index (χ1) is 10.7. The third-order valence-corrected chi connectivity index (χ3v) is 4.28. The Labute approximate surface area is 134 Å². The summed E-state index contributed by atoms with van der Waals surface area (Å²) in [6.45, 7) is 2.04. The van der Waals surface area contributed by atoms with Crippen LogP contribution in [0.25, 0.3) is 16.9 Å². The number of hydrogen-bond acceptors (Lipinski definition) is 3. The molecule has 0 aliphatic carbocycles. The third-order valence-electron chi connectivity index (χ3n) is 3.53. The van der Waals surface area contributed by atoms with Crippen molar-refractivity contribution in [2.75, 3.05) is 6.26 Å². The number of aryl methyl sites for hydroxylation is 1. The van der Waals surface area contributed by atoms with Crippen LogP contribution in [0.15, 0.2) is 59.6 Å². The molecule has 0 unspecified atom stereocenters. The van der Waals surface area contributed by atoms with Gasteiger partial charge >= 0.3 is 0 Å². The number of rotatable bonds is 4. The van der Waals surface area contributed by atoms with Gasteiger partial charge in [0.2, 0.25) is 0 Å². The first-order valence-corrected chi connectivity index (χ1v) is 8.20. The van der Waals surface area contributed by atoms with E-state index in [0.717, 1.165) is 17.5 Å². The normalized spacial score (nSPS) is 10.6. The monoisotopic (exact) mass is 308 g/mol. The summed E-state index contributed by atoms with van der Waals surface area (Å²) in [7, 11) is 0. The number of aromatic nitrogens is 2. The molecule has 0 spiro atoms. The van der Waals surface area contributed by atoms with Gasteiger partial charge in [-0.1, -0.05) is 29.8 Å². The highest BCUT2D eigenvalue weighted by molar-refractivity contribution is 7.98. The Morgan fingerprint density at radius 1 is 1.05 bits per heavy atom. The molecule has 0 bridgehead atoms. The van der Waals surface area contributed by atoms with Crippen molar-refractivity contribution in [2.45, 2.75) is 11.8 Å². The number of nitrogens with zero attached hydrogens (tertiary/aromatic N) is 2. The molecule has 0 amide bonds. The number of thioether (sulfide) groups is 1. The van der Waals surface area contributed by atoms with E-state index in [1.165, 1.54) is 10.5 Å². The van der Waals surface area contributed by atoms with Crippen molar-refractivity contribution in [1.82, 2.24) is 9.78 Å². The molecule has 110 valence electrons. The molecule has 0 saturated heterocycles. The van der Waals surface area contributed by atoms with Gasteiger partial charge in [0.15, 0.2) is 6.29 Å². The van der Waals surface area contributed by atoms with Gasteiger partial charge in [0.25, 0.3) is 0 Å². The largest absolute Gasteiger partial charge is 0.298 e. The van der Waals surface area contributed by atoms with E-state index in [9.17, 15) is 4.79 Å². The summed E-state index contributed by atoms with van der Waals surface area (Å²) in [5.74, 6) is 0. The molecule has 1 aromatic heterocycles. The van der Waals surface area contributed by atoms with E-state index < -0.39 is 0 Å². The number of carbonyl (C=O) groups is 1. The summed E-state index contributed by atoms with van der Waals surface area (Å²) >= 11 is 1.69. The first-order valence-electron chi connectivity index (χ1n) is 6.97. The fraction of sp³-hybridized carbons (Fsp3) is 0.111. The van der Waals surface area contributed by atoms with Crippen LogP contribution in [-0.4, -0.2) is 22.3 Å². The molecule has 0 aliphatic rings. The lowest BCUT2D eigenvalue weighted by Crippen LogP contribution is -1.94. The van der Waals surface area contributed by atoms with Crippen LogP contribution in [0.3, 0.4) is 0 Å². The molecule has 3 nitrogen and oxygen atoms in total. The highest BCUT2D eigenvalue weighted by Crippen LogP contribution is 2.25. The zero-order chi connectivity index (χ0) is 15.5. The van der Waals surface area contributed by atoms with Crippen molar-refractivity contribution < 1.29 is 4.79 Å². The van der Waals surface area contributed by atoms with Crippen LogP contribution in [0.1, 0.15) is 15.9 Å². The van der Waals surface area contributed by atoms with Crippen molar-refractivity contribution in [3.8, 4) is 16.9 Å². The van der Waals surface area contributed by atoms with Gasteiger partial charge in [0, 0.05) is 16.7 Å². The van der Waals surface area contributed by atoms with E-state index >= 15 is 0 Å². The van der Waals surface area contributed by atoms with Crippen LogP contribution in [0.5, 0.6) is 0 Å². The highest BCUT2D eigenvalue weighted by Gasteiger charge is 2.11. The molecule has 3 rings (SSSR count). The van der Waals surface area contributed by atoms with Crippen LogP contribution in [-0.2, 0) is 0 Å². The van der Waals surface area contributed by atoms with Gasteiger partial charge in [-0.15, -0.1) is 11.8 Å². The van der Waals surface area contributed by atoms with E-state index in [0.29, 0.717) is 11.3 Å². The van der Waals surface area contributed by atoms with E-state index in [2.05, 4.69) is 5.10 Å².